The highest BCUT2D eigenvalue weighted by molar-refractivity contribution is 7.15. The predicted molar refractivity (Wildman–Crippen MR) is 74.1 cm³/mol. The fourth-order valence-corrected chi connectivity index (χ4v) is 3.08. The lowest BCUT2D eigenvalue weighted by Gasteiger charge is -2.06. The van der Waals surface area contributed by atoms with Crippen LogP contribution in [0.5, 0.6) is 5.75 Å². The molecule has 18 heavy (non-hydrogen) atoms. The van der Waals surface area contributed by atoms with Gasteiger partial charge in [-0.1, -0.05) is 11.3 Å². The van der Waals surface area contributed by atoms with Gasteiger partial charge in [0.1, 0.15) is 5.75 Å². The van der Waals surface area contributed by atoms with Gasteiger partial charge in [-0.2, -0.15) is 0 Å². The Kier molecular flexibility index (Phi) is 3.11. The van der Waals surface area contributed by atoms with Gasteiger partial charge in [-0.05, 0) is 55.5 Å². The van der Waals surface area contributed by atoms with E-state index in [1.165, 1.54) is 23.4 Å². The molecular formula is C14H14N2OS. The fraction of sp³-hybridized carbons (Fsp3) is 0.286. The molecule has 0 radical (unpaired) electrons. The minimum atomic E-state index is 0.275. The molecule has 0 aliphatic heterocycles. The first-order valence-corrected chi connectivity index (χ1v) is 6.94. The fourth-order valence-electron chi connectivity index (χ4n) is 2.08. The number of phenols is 1. The van der Waals surface area contributed by atoms with Crippen LogP contribution in [0, 0.1) is 0 Å². The van der Waals surface area contributed by atoms with Crippen molar-refractivity contribution in [3.05, 3.63) is 40.4 Å². The van der Waals surface area contributed by atoms with E-state index < -0.39 is 0 Å². The number of nitrogens with zero attached hydrogens (tertiary/aromatic N) is 2. The van der Waals surface area contributed by atoms with Gasteiger partial charge < -0.3 is 5.11 Å². The summed E-state index contributed by atoms with van der Waals surface area (Å²) in [4.78, 5) is 10.4. The highest BCUT2D eigenvalue weighted by Crippen LogP contribution is 2.31. The first kappa shape index (κ1) is 11.4. The van der Waals surface area contributed by atoms with Crippen molar-refractivity contribution in [1.82, 2.24) is 4.98 Å². The Hall–Kier alpha value is -1.68. The topological polar surface area (TPSA) is 45.5 Å². The lowest BCUT2D eigenvalue weighted by molar-refractivity contribution is 0.475. The minimum Gasteiger partial charge on any atom is -0.508 e. The number of aliphatic imine (C=N–C) groups is 1. The summed E-state index contributed by atoms with van der Waals surface area (Å²) in [7, 11) is 0. The maximum absolute atomic E-state index is 9.20. The number of hydrogen-bond acceptors (Lipinski definition) is 4. The summed E-state index contributed by atoms with van der Waals surface area (Å²) in [6.45, 7) is 0. The van der Waals surface area contributed by atoms with Gasteiger partial charge in [0.05, 0.1) is 5.69 Å². The van der Waals surface area contributed by atoms with E-state index in [-0.39, 0.29) is 5.75 Å². The predicted octanol–water partition coefficient (Wildman–Crippen LogP) is 3.48. The SMILES string of the molecule is Oc1ccc(C=Nc2nc3c(s2)CCCC3)cc1. The zero-order valence-electron chi connectivity index (χ0n) is 9.97. The molecule has 0 atom stereocenters. The van der Waals surface area contributed by atoms with Crippen LogP contribution in [0.4, 0.5) is 5.13 Å². The van der Waals surface area contributed by atoms with E-state index in [1.54, 1.807) is 29.7 Å². The number of thiazole rings is 1. The van der Waals surface area contributed by atoms with E-state index in [0.29, 0.717) is 0 Å². The molecule has 0 saturated carbocycles. The van der Waals surface area contributed by atoms with Gasteiger partial charge in [-0.3, -0.25) is 0 Å². The first-order valence-electron chi connectivity index (χ1n) is 6.13. The van der Waals surface area contributed by atoms with Crippen molar-refractivity contribution < 1.29 is 5.11 Å². The van der Waals surface area contributed by atoms with Crippen LogP contribution in [0.1, 0.15) is 29.0 Å². The number of benzene rings is 1. The summed E-state index contributed by atoms with van der Waals surface area (Å²) >= 11 is 1.70. The van der Waals surface area contributed by atoms with E-state index >= 15 is 0 Å². The van der Waals surface area contributed by atoms with Gasteiger partial charge in [0.2, 0.25) is 5.13 Å². The highest BCUT2D eigenvalue weighted by atomic mass is 32.1. The molecule has 1 aromatic heterocycles. The number of fused-ring (bicyclic) bond motifs is 1. The van der Waals surface area contributed by atoms with Gasteiger partial charge in [-0.25, -0.2) is 9.98 Å². The number of phenolic OH excluding ortho intramolecular Hbond substituents is 1. The van der Waals surface area contributed by atoms with Crippen LogP contribution in [0.3, 0.4) is 0 Å². The molecule has 0 unspecified atom stereocenters. The molecule has 0 saturated heterocycles. The van der Waals surface area contributed by atoms with E-state index in [0.717, 1.165) is 23.5 Å². The summed E-state index contributed by atoms with van der Waals surface area (Å²) in [6, 6.07) is 7.00. The Labute approximate surface area is 110 Å². The monoisotopic (exact) mass is 258 g/mol. The largest absolute Gasteiger partial charge is 0.508 e. The third kappa shape index (κ3) is 2.43. The lowest BCUT2D eigenvalue weighted by Crippen LogP contribution is -1.98. The third-order valence-corrected chi connectivity index (χ3v) is 4.12. The molecule has 0 fully saturated rings. The highest BCUT2D eigenvalue weighted by Gasteiger charge is 2.14. The summed E-state index contributed by atoms with van der Waals surface area (Å²) in [5.41, 5.74) is 2.21. The average Bonchev–Trinajstić information content (AvgIpc) is 2.81. The molecule has 0 spiro atoms. The Morgan fingerprint density at radius 3 is 2.72 bits per heavy atom. The molecule has 0 bridgehead atoms. The summed E-state index contributed by atoms with van der Waals surface area (Å²) < 4.78 is 0. The number of aromatic hydroxyl groups is 1. The van der Waals surface area contributed by atoms with Crippen molar-refractivity contribution in [3.63, 3.8) is 0 Å². The van der Waals surface area contributed by atoms with Crippen molar-refractivity contribution in [1.29, 1.82) is 0 Å². The molecule has 2 aromatic rings. The minimum absolute atomic E-state index is 0.275. The van der Waals surface area contributed by atoms with Gasteiger partial charge in [0.25, 0.3) is 0 Å². The molecule has 92 valence electrons. The summed E-state index contributed by atoms with van der Waals surface area (Å²) in [5.74, 6) is 0.275. The normalized spacial score (nSPS) is 14.9. The van der Waals surface area contributed by atoms with Crippen LogP contribution in [0.2, 0.25) is 0 Å². The molecule has 4 heteroatoms. The quantitative estimate of drug-likeness (QED) is 0.838. The van der Waals surface area contributed by atoms with Crippen LogP contribution in [0.15, 0.2) is 29.3 Å². The number of aromatic nitrogens is 1. The number of rotatable bonds is 2. The van der Waals surface area contributed by atoms with Crippen LogP contribution < -0.4 is 0 Å². The third-order valence-electron chi connectivity index (χ3n) is 3.05. The Bertz CT molecular complexity index is 548. The van der Waals surface area contributed by atoms with Crippen molar-refractivity contribution in [2.45, 2.75) is 25.7 Å². The van der Waals surface area contributed by atoms with Crippen molar-refractivity contribution in [2.24, 2.45) is 4.99 Å². The molecular weight excluding hydrogens is 244 g/mol. The molecule has 1 aromatic carbocycles. The Morgan fingerprint density at radius 2 is 1.94 bits per heavy atom. The maximum atomic E-state index is 9.20. The van der Waals surface area contributed by atoms with E-state index in [2.05, 4.69) is 9.98 Å². The average molecular weight is 258 g/mol. The molecule has 3 rings (SSSR count). The van der Waals surface area contributed by atoms with E-state index in [4.69, 9.17) is 0 Å². The number of hydrogen-bond donors (Lipinski definition) is 1. The first-order chi connectivity index (χ1) is 8.81. The van der Waals surface area contributed by atoms with Crippen molar-refractivity contribution in [2.75, 3.05) is 0 Å². The van der Waals surface area contributed by atoms with Gasteiger partial charge in [0, 0.05) is 11.1 Å². The van der Waals surface area contributed by atoms with Crippen molar-refractivity contribution in [3.8, 4) is 5.75 Å². The van der Waals surface area contributed by atoms with Gasteiger partial charge in [-0.15, -0.1) is 0 Å². The maximum Gasteiger partial charge on any atom is 0.209 e. The Balaban J connectivity index is 1.79. The van der Waals surface area contributed by atoms with Crippen LogP contribution in [0.25, 0.3) is 0 Å². The smallest absolute Gasteiger partial charge is 0.209 e. The van der Waals surface area contributed by atoms with E-state index in [1.807, 2.05) is 12.1 Å². The Morgan fingerprint density at radius 1 is 1.17 bits per heavy atom. The van der Waals surface area contributed by atoms with Gasteiger partial charge in [0.15, 0.2) is 0 Å². The zero-order valence-corrected chi connectivity index (χ0v) is 10.8. The zero-order chi connectivity index (χ0) is 12.4. The molecule has 0 amide bonds. The van der Waals surface area contributed by atoms with Crippen LogP contribution in [-0.4, -0.2) is 16.3 Å². The molecule has 1 aliphatic rings. The summed E-state index contributed by atoms with van der Waals surface area (Å²) in [5, 5.41) is 10.0. The van der Waals surface area contributed by atoms with Crippen LogP contribution >= 0.6 is 11.3 Å². The molecule has 1 aliphatic carbocycles. The second-order valence-corrected chi connectivity index (χ2v) is 5.49. The van der Waals surface area contributed by atoms with Gasteiger partial charge >= 0.3 is 0 Å². The van der Waals surface area contributed by atoms with Crippen molar-refractivity contribution >= 4 is 22.7 Å². The van der Waals surface area contributed by atoms with Crippen LogP contribution in [-0.2, 0) is 12.8 Å². The molecule has 1 heterocycles. The second-order valence-electron chi connectivity index (χ2n) is 4.42. The molecule has 1 N–H and O–H groups in total. The second kappa shape index (κ2) is 4.90. The standard InChI is InChI=1S/C14H14N2OS/c17-11-7-5-10(6-8-11)9-15-14-16-12-3-1-2-4-13(12)18-14/h5-9,17H,1-4H2. The summed E-state index contributed by atoms with van der Waals surface area (Å²) in [6.07, 6.45) is 6.57. The number of aryl methyl sites for hydroxylation is 2. The van der Waals surface area contributed by atoms with E-state index in [9.17, 15) is 5.11 Å². The molecule has 3 nitrogen and oxygen atoms in total. The lowest BCUT2D eigenvalue weighted by atomic mass is 10.0.